The van der Waals surface area contributed by atoms with E-state index in [4.69, 9.17) is 16.7 Å². The van der Waals surface area contributed by atoms with E-state index in [1.54, 1.807) is 0 Å². The standard InChI is InChI=1S/C11H10ClN5O3/c12-8-2-1-6(3-7(8)10(18)19)16-11(20)13-4-9-14-5-15-17-9/h1-3,5H,4H2,(H,18,19)(H2,13,16,20)(H,14,15,17). The van der Waals surface area contributed by atoms with Crippen LogP contribution in [0.1, 0.15) is 16.2 Å². The molecule has 0 aliphatic heterocycles. The molecule has 2 amide bonds. The van der Waals surface area contributed by atoms with Gasteiger partial charge in [0.2, 0.25) is 0 Å². The van der Waals surface area contributed by atoms with E-state index in [1.165, 1.54) is 24.5 Å². The molecule has 4 N–H and O–H groups in total. The molecule has 0 unspecified atom stereocenters. The Morgan fingerprint density at radius 3 is 2.85 bits per heavy atom. The monoisotopic (exact) mass is 295 g/mol. The number of nitrogens with one attached hydrogen (secondary N) is 3. The van der Waals surface area contributed by atoms with Crippen LogP contribution >= 0.6 is 11.6 Å². The van der Waals surface area contributed by atoms with Crippen molar-refractivity contribution >= 4 is 29.3 Å². The summed E-state index contributed by atoms with van der Waals surface area (Å²) >= 11 is 5.73. The van der Waals surface area contributed by atoms with Crippen molar-refractivity contribution in [3.05, 3.63) is 40.9 Å². The topological polar surface area (TPSA) is 120 Å². The third-order valence-corrected chi connectivity index (χ3v) is 2.67. The fourth-order valence-corrected chi connectivity index (χ4v) is 1.62. The van der Waals surface area contributed by atoms with E-state index >= 15 is 0 Å². The fourth-order valence-electron chi connectivity index (χ4n) is 1.42. The van der Waals surface area contributed by atoms with Gasteiger partial charge in [-0.25, -0.2) is 14.6 Å². The zero-order valence-electron chi connectivity index (χ0n) is 10.1. The number of rotatable bonds is 4. The molecule has 0 saturated carbocycles. The van der Waals surface area contributed by atoms with Crippen LogP contribution in [0.3, 0.4) is 0 Å². The molecule has 2 rings (SSSR count). The summed E-state index contributed by atoms with van der Waals surface area (Å²) in [5.74, 6) is -0.664. The lowest BCUT2D eigenvalue weighted by atomic mass is 10.2. The van der Waals surface area contributed by atoms with Crippen LogP contribution in [0, 0.1) is 0 Å². The number of aromatic amines is 1. The summed E-state index contributed by atoms with van der Waals surface area (Å²) in [6, 6.07) is 3.68. The highest BCUT2D eigenvalue weighted by atomic mass is 35.5. The van der Waals surface area contributed by atoms with Gasteiger partial charge in [0.1, 0.15) is 12.2 Å². The van der Waals surface area contributed by atoms with Gasteiger partial charge in [-0.3, -0.25) is 5.10 Å². The fraction of sp³-hybridized carbons (Fsp3) is 0.0909. The smallest absolute Gasteiger partial charge is 0.337 e. The third-order valence-electron chi connectivity index (χ3n) is 2.34. The van der Waals surface area contributed by atoms with E-state index < -0.39 is 12.0 Å². The van der Waals surface area contributed by atoms with Gasteiger partial charge in [-0.1, -0.05) is 11.6 Å². The summed E-state index contributed by atoms with van der Waals surface area (Å²) in [5, 5.41) is 20.3. The van der Waals surface area contributed by atoms with Crippen molar-refractivity contribution in [1.29, 1.82) is 0 Å². The first-order valence-corrected chi connectivity index (χ1v) is 5.86. The Kier molecular flexibility index (Phi) is 4.16. The number of benzene rings is 1. The van der Waals surface area contributed by atoms with Gasteiger partial charge in [-0.2, -0.15) is 5.10 Å². The Hall–Kier alpha value is -2.61. The van der Waals surface area contributed by atoms with Crippen molar-refractivity contribution < 1.29 is 14.7 Å². The third kappa shape index (κ3) is 3.45. The second kappa shape index (κ2) is 6.02. The quantitative estimate of drug-likeness (QED) is 0.681. The minimum atomic E-state index is -1.17. The van der Waals surface area contributed by atoms with Crippen LogP contribution in [0.15, 0.2) is 24.5 Å². The Bertz CT molecular complexity index is 629. The summed E-state index contributed by atoms with van der Waals surface area (Å²) in [6.07, 6.45) is 1.33. The van der Waals surface area contributed by atoms with E-state index in [9.17, 15) is 9.59 Å². The second-order valence-corrected chi connectivity index (χ2v) is 4.15. The Morgan fingerprint density at radius 2 is 2.20 bits per heavy atom. The number of nitrogens with zero attached hydrogens (tertiary/aromatic N) is 2. The van der Waals surface area contributed by atoms with E-state index in [0.29, 0.717) is 11.5 Å². The number of carbonyl (C=O) groups is 2. The summed E-state index contributed by atoms with van der Waals surface area (Å²) in [6.45, 7) is 0.172. The van der Waals surface area contributed by atoms with E-state index in [2.05, 4.69) is 25.8 Å². The van der Waals surface area contributed by atoms with Gasteiger partial charge in [0.25, 0.3) is 0 Å². The van der Waals surface area contributed by atoms with Gasteiger partial charge in [-0.05, 0) is 18.2 Å². The number of hydrogen-bond acceptors (Lipinski definition) is 4. The molecule has 0 atom stereocenters. The molecule has 2 aromatic rings. The number of carboxylic acid groups (broad SMARTS) is 1. The summed E-state index contributed by atoms with van der Waals surface area (Å²) in [5.41, 5.74) is 0.238. The van der Waals surface area contributed by atoms with Crippen molar-refractivity contribution in [3.8, 4) is 0 Å². The van der Waals surface area contributed by atoms with E-state index in [1.807, 2.05) is 0 Å². The lowest BCUT2D eigenvalue weighted by molar-refractivity contribution is 0.0697. The average molecular weight is 296 g/mol. The molecule has 0 aliphatic carbocycles. The van der Waals surface area contributed by atoms with Crippen molar-refractivity contribution in [2.24, 2.45) is 0 Å². The van der Waals surface area contributed by atoms with Gasteiger partial charge in [0.05, 0.1) is 17.1 Å². The largest absolute Gasteiger partial charge is 0.478 e. The van der Waals surface area contributed by atoms with Gasteiger partial charge in [-0.15, -0.1) is 0 Å². The number of anilines is 1. The first-order valence-electron chi connectivity index (χ1n) is 5.48. The van der Waals surface area contributed by atoms with Crippen molar-refractivity contribution in [2.45, 2.75) is 6.54 Å². The van der Waals surface area contributed by atoms with Crippen LogP contribution in [-0.4, -0.2) is 32.3 Å². The van der Waals surface area contributed by atoms with Gasteiger partial charge >= 0.3 is 12.0 Å². The maximum Gasteiger partial charge on any atom is 0.337 e. The van der Waals surface area contributed by atoms with Crippen LogP contribution in [0.5, 0.6) is 0 Å². The molecule has 0 fully saturated rings. The maximum absolute atomic E-state index is 11.6. The number of amides is 2. The lowest BCUT2D eigenvalue weighted by Gasteiger charge is -2.07. The van der Waals surface area contributed by atoms with Crippen LogP contribution < -0.4 is 10.6 Å². The predicted octanol–water partition coefficient (Wildman–Crippen LogP) is 1.48. The minimum absolute atomic E-state index is 0.0836. The normalized spacial score (nSPS) is 10.1. The Labute approximate surface area is 118 Å². The Morgan fingerprint density at radius 1 is 1.40 bits per heavy atom. The number of halogens is 1. The summed E-state index contributed by atoms with van der Waals surface area (Å²) in [7, 11) is 0. The van der Waals surface area contributed by atoms with E-state index in [-0.39, 0.29) is 17.1 Å². The first kappa shape index (κ1) is 13.8. The lowest BCUT2D eigenvalue weighted by Crippen LogP contribution is -2.28. The molecule has 9 heteroatoms. The highest BCUT2D eigenvalue weighted by molar-refractivity contribution is 6.33. The van der Waals surface area contributed by atoms with Gasteiger partial charge in [0, 0.05) is 5.69 Å². The zero-order valence-corrected chi connectivity index (χ0v) is 10.8. The van der Waals surface area contributed by atoms with Crippen molar-refractivity contribution in [1.82, 2.24) is 20.5 Å². The predicted molar refractivity (Wildman–Crippen MR) is 70.7 cm³/mol. The number of urea groups is 1. The molecular weight excluding hydrogens is 286 g/mol. The molecule has 1 aromatic heterocycles. The molecule has 0 spiro atoms. The molecule has 0 aliphatic rings. The maximum atomic E-state index is 11.6. The molecule has 0 saturated heterocycles. The molecule has 104 valence electrons. The van der Waals surface area contributed by atoms with Crippen molar-refractivity contribution in [3.63, 3.8) is 0 Å². The number of aromatic carboxylic acids is 1. The van der Waals surface area contributed by atoms with Gasteiger partial charge in [0.15, 0.2) is 0 Å². The molecule has 1 aromatic carbocycles. The molecule has 20 heavy (non-hydrogen) atoms. The average Bonchev–Trinajstić information content (AvgIpc) is 2.91. The molecule has 1 heterocycles. The number of carboxylic acids is 1. The molecular formula is C11H10ClN5O3. The summed E-state index contributed by atoms with van der Waals surface area (Å²) in [4.78, 5) is 26.4. The molecule has 0 radical (unpaired) electrons. The number of aromatic nitrogens is 3. The molecule has 0 bridgehead atoms. The highest BCUT2D eigenvalue weighted by Crippen LogP contribution is 2.20. The van der Waals surface area contributed by atoms with Crippen LogP contribution in [0.4, 0.5) is 10.5 Å². The Balaban J connectivity index is 1.97. The first-order chi connectivity index (χ1) is 9.56. The van der Waals surface area contributed by atoms with E-state index in [0.717, 1.165) is 0 Å². The van der Waals surface area contributed by atoms with Crippen LogP contribution in [0.25, 0.3) is 0 Å². The van der Waals surface area contributed by atoms with Crippen molar-refractivity contribution in [2.75, 3.05) is 5.32 Å². The minimum Gasteiger partial charge on any atom is -0.478 e. The molecule has 8 nitrogen and oxygen atoms in total. The van der Waals surface area contributed by atoms with Crippen LogP contribution in [0.2, 0.25) is 5.02 Å². The second-order valence-electron chi connectivity index (χ2n) is 3.74. The SMILES string of the molecule is O=C(NCc1ncn[nH]1)Nc1ccc(Cl)c(C(=O)O)c1. The highest BCUT2D eigenvalue weighted by Gasteiger charge is 2.10. The summed E-state index contributed by atoms with van der Waals surface area (Å²) < 4.78 is 0. The van der Waals surface area contributed by atoms with Gasteiger partial charge < -0.3 is 15.7 Å². The van der Waals surface area contributed by atoms with Crippen LogP contribution in [-0.2, 0) is 6.54 Å². The number of carbonyl (C=O) groups excluding carboxylic acids is 1. The number of hydrogen-bond donors (Lipinski definition) is 4. The zero-order chi connectivity index (χ0) is 14.5. The number of H-pyrrole nitrogens is 1.